The molecule has 0 fully saturated rings. The number of benzene rings is 1. The molecule has 0 atom stereocenters. The summed E-state index contributed by atoms with van der Waals surface area (Å²) in [7, 11) is 0. The first-order chi connectivity index (χ1) is 8.66. The molecule has 0 bridgehead atoms. The average molecular weight is 323 g/mol. The molecule has 2 aromatic heterocycles. The summed E-state index contributed by atoms with van der Waals surface area (Å²) >= 11 is 4.74. The van der Waals surface area contributed by atoms with E-state index in [4.69, 9.17) is 4.42 Å². The third kappa shape index (κ3) is 1.76. The van der Waals surface area contributed by atoms with Crippen LogP contribution in [0.4, 0.5) is 0 Å². The van der Waals surface area contributed by atoms with E-state index < -0.39 is 5.43 Å². The van der Waals surface area contributed by atoms with Crippen molar-refractivity contribution < 1.29 is 9.52 Å². The Bertz CT molecular complexity index is 788. The number of rotatable bonds is 1. The zero-order chi connectivity index (χ0) is 12.7. The lowest BCUT2D eigenvalue weighted by atomic mass is 10.2. The number of fused-ring (bicyclic) bond motifs is 1. The molecule has 5 heteroatoms. The Morgan fingerprint density at radius 1 is 1.17 bits per heavy atom. The Kier molecular flexibility index (Phi) is 2.72. The van der Waals surface area contributed by atoms with Crippen LogP contribution in [-0.2, 0) is 0 Å². The summed E-state index contributed by atoms with van der Waals surface area (Å²) in [6.45, 7) is 0. The highest BCUT2D eigenvalue weighted by Gasteiger charge is 2.16. The van der Waals surface area contributed by atoms with Gasteiger partial charge in [-0.3, -0.25) is 4.79 Å². The number of aromatic hydroxyl groups is 1. The van der Waals surface area contributed by atoms with E-state index in [9.17, 15) is 9.90 Å². The molecule has 0 aliphatic heterocycles. The lowest BCUT2D eigenvalue weighted by Gasteiger charge is -2.03. The quantitative estimate of drug-likeness (QED) is 0.737. The van der Waals surface area contributed by atoms with Crippen LogP contribution in [0.1, 0.15) is 0 Å². The molecule has 0 unspecified atom stereocenters. The summed E-state index contributed by atoms with van der Waals surface area (Å²) in [4.78, 5) is 12.7. The highest BCUT2D eigenvalue weighted by Crippen LogP contribution is 2.36. The maximum absolute atomic E-state index is 12.0. The van der Waals surface area contributed by atoms with Crippen LogP contribution in [0.25, 0.3) is 21.6 Å². The molecule has 0 radical (unpaired) electrons. The van der Waals surface area contributed by atoms with E-state index in [0.29, 0.717) is 15.8 Å². The van der Waals surface area contributed by atoms with E-state index >= 15 is 0 Å². The third-order valence-electron chi connectivity index (χ3n) is 2.57. The molecule has 2 heterocycles. The molecule has 0 amide bonds. The van der Waals surface area contributed by atoms with E-state index in [1.54, 1.807) is 30.3 Å². The summed E-state index contributed by atoms with van der Waals surface area (Å²) in [5, 5.41) is 10.3. The average Bonchev–Trinajstić information content (AvgIpc) is 2.80. The Morgan fingerprint density at radius 3 is 2.67 bits per heavy atom. The molecule has 0 saturated heterocycles. The van der Waals surface area contributed by atoms with Gasteiger partial charge >= 0.3 is 0 Å². The van der Waals surface area contributed by atoms with Gasteiger partial charge in [-0.25, -0.2) is 0 Å². The molecular formula is C13H7BrO3S. The van der Waals surface area contributed by atoms with E-state index in [-0.39, 0.29) is 11.5 Å². The lowest BCUT2D eigenvalue weighted by molar-refractivity contribution is 0.449. The predicted octanol–water partition coefficient (Wildman–Crippen LogP) is 3.99. The maximum Gasteiger partial charge on any atom is 0.235 e. The minimum absolute atomic E-state index is 0.217. The van der Waals surface area contributed by atoms with Crippen molar-refractivity contribution in [2.75, 3.05) is 0 Å². The van der Waals surface area contributed by atoms with Gasteiger partial charge in [0.2, 0.25) is 11.2 Å². The van der Waals surface area contributed by atoms with Gasteiger partial charge in [0.25, 0.3) is 0 Å². The summed E-state index contributed by atoms with van der Waals surface area (Å²) in [5.74, 6) is -0.127. The van der Waals surface area contributed by atoms with E-state index in [1.165, 1.54) is 11.3 Å². The van der Waals surface area contributed by atoms with E-state index in [1.807, 2.05) is 6.07 Å². The smallest absolute Gasteiger partial charge is 0.235 e. The summed E-state index contributed by atoms with van der Waals surface area (Å²) in [5.41, 5.74) is 0.0659. The minimum atomic E-state index is -0.406. The highest BCUT2D eigenvalue weighted by atomic mass is 79.9. The van der Waals surface area contributed by atoms with Crippen molar-refractivity contribution in [2.24, 2.45) is 0 Å². The number of hydrogen-bond acceptors (Lipinski definition) is 4. The van der Waals surface area contributed by atoms with Crippen LogP contribution in [0.2, 0.25) is 0 Å². The van der Waals surface area contributed by atoms with Crippen LogP contribution in [0.15, 0.2) is 49.4 Å². The Morgan fingerprint density at radius 2 is 1.94 bits per heavy atom. The van der Waals surface area contributed by atoms with E-state index in [0.717, 1.165) is 3.79 Å². The monoisotopic (exact) mass is 322 g/mol. The molecule has 0 aliphatic carbocycles. The summed E-state index contributed by atoms with van der Waals surface area (Å²) in [6, 6.07) is 10.5. The minimum Gasteiger partial charge on any atom is -0.501 e. The first-order valence-corrected chi connectivity index (χ1v) is 6.78. The topological polar surface area (TPSA) is 50.4 Å². The molecule has 0 saturated carbocycles. The number of hydrogen-bond donors (Lipinski definition) is 1. The largest absolute Gasteiger partial charge is 0.501 e. The van der Waals surface area contributed by atoms with Gasteiger partial charge in [-0.2, -0.15) is 0 Å². The fraction of sp³-hybridized carbons (Fsp3) is 0. The number of para-hydroxylation sites is 1. The maximum atomic E-state index is 12.0. The molecular weight excluding hydrogens is 316 g/mol. The zero-order valence-corrected chi connectivity index (χ0v) is 11.4. The van der Waals surface area contributed by atoms with Crippen molar-refractivity contribution in [1.29, 1.82) is 0 Å². The van der Waals surface area contributed by atoms with Crippen LogP contribution in [0.3, 0.4) is 0 Å². The van der Waals surface area contributed by atoms with Crippen molar-refractivity contribution in [3.63, 3.8) is 0 Å². The van der Waals surface area contributed by atoms with Crippen LogP contribution in [-0.4, -0.2) is 5.11 Å². The van der Waals surface area contributed by atoms with Gasteiger partial charge < -0.3 is 9.52 Å². The first-order valence-electron chi connectivity index (χ1n) is 5.17. The van der Waals surface area contributed by atoms with Gasteiger partial charge in [0.15, 0.2) is 5.76 Å². The predicted molar refractivity (Wildman–Crippen MR) is 75.2 cm³/mol. The summed E-state index contributed by atoms with van der Waals surface area (Å²) in [6.07, 6.45) is 0. The molecule has 0 aliphatic rings. The van der Waals surface area contributed by atoms with Gasteiger partial charge in [0.05, 0.1) is 14.0 Å². The first kappa shape index (κ1) is 11.5. The molecule has 3 rings (SSSR count). The summed E-state index contributed by atoms with van der Waals surface area (Å²) < 4.78 is 6.52. The van der Waals surface area contributed by atoms with Crippen molar-refractivity contribution in [3.8, 4) is 16.4 Å². The van der Waals surface area contributed by atoms with Gasteiger partial charge in [0, 0.05) is 0 Å². The Hall–Kier alpha value is -1.59. The molecule has 1 aromatic carbocycles. The SMILES string of the molecule is O=c1c(O)c(-c2ccc(Br)s2)oc2ccccc12. The third-order valence-corrected chi connectivity index (χ3v) is 4.19. The molecule has 90 valence electrons. The molecule has 3 aromatic rings. The lowest BCUT2D eigenvalue weighted by Crippen LogP contribution is -2.01. The highest BCUT2D eigenvalue weighted by molar-refractivity contribution is 9.11. The molecule has 3 nitrogen and oxygen atoms in total. The molecule has 18 heavy (non-hydrogen) atoms. The second kappa shape index (κ2) is 4.26. The van der Waals surface area contributed by atoms with Crippen LogP contribution < -0.4 is 5.43 Å². The second-order valence-electron chi connectivity index (χ2n) is 3.71. The fourth-order valence-electron chi connectivity index (χ4n) is 1.74. The Labute approximate surface area is 114 Å². The number of halogens is 1. The zero-order valence-electron chi connectivity index (χ0n) is 9.01. The van der Waals surface area contributed by atoms with Crippen LogP contribution in [0.5, 0.6) is 5.75 Å². The fourth-order valence-corrected chi connectivity index (χ4v) is 3.10. The Balaban J connectivity index is 2.37. The normalized spacial score (nSPS) is 10.9. The van der Waals surface area contributed by atoms with Crippen LogP contribution in [0, 0.1) is 0 Å². The van der Waals surface area contributed by atoms with Gasteiger partial charge in [-0.1, -0.05) is 12.1 Å². The molecule has 0 spiro atoms. The standard InChI is InChI=1S/C13H7BrO3S/c14-10-6-5-9(18-10)13-12(16)11(15)7-3-1-2-4-8(7)17-13/h1-6,16H. The van der Waals surface area contributed by atoms with E-state index in [2.05, 4.69) is 15.9 Å². The van der Waals surface area contributed by atoms with Crippen molar-refractivity contribution >= 4 is 38.2 Å². The number of thiophene rings is 1. The molecule has 1 N–H and O–H groups in total. The van der Waals surface area contributed by atoms with Crippen LogP contribution >= 0.6 is 27.3 Å². The van der Waals surface area contributed by atoms with Crippen molar-refractivity contribution in [2.45, 2.75) is 0 Å². The van der Waals surface area contributed by atoms with Gasteiger partial charge in [0.1, 0.15) is 5.58 Å². The van der Waals surface area contributed by atoms with Crippen molar-refractivity contribution in [1.82, 2.24) is 0 Å². The second-order valence-corrected chi connectivity index (χ2v) is 6.17. The van der Waals surface area contributed by atoms with Gasteiger partial charge in [-0.05, 0) is 40.2 Å². The van der Waals surface area contributed by atoms with Gasteiger partial charge in [-0.15, -0.1) is 11.3 Å². The van der Waals surface area contributed by atoms with Crippen molar-refractivity contribution in [3.05, 3.63) is 50.4 Å².